The number of nitrogens with one attached hydrogen (secondary N) is 1. The number of nitro benzene ring substituents is 1. The first kappa shape index (κ1) is 22.0. The zero-order valence-electron chi connectivity index (χ0n) is 16.6. The molecule has 0 bridgehead atoms. The van der Waals surface area contributed by atoms with Gasteiger partial charge in [0, 0.05) is 29.6 Å². The highest BCUT2D eigenvalue weighted by molar-refractivity contribution is 7.17. The van der Waals surface area contributed by atoms with Crippen LogP contribution >= 0.6 is 11.3 Å². The molecule has 0 radical (unpaired) electrons. The van der Waals surface area contributed by atoms with Crippen LogP contribution in [0.15, 0.2) is 30.3 Å². The van der Waals surface area contributed by atoms with Crippen molar-refractivity contribution in [1.82, 2.24) is 4.90 Å². The molecule has 11 heteroatoms. The van der Waals surface area contributed by atoms with Crippen molar-refractivity contribution in [2.75, 3.05) is 18.5 Å². The molecule has 3 N–H and O–H groups in total. The second-order valence-electron chi connectivity index (χ2n) is 6.61. The number of primary amides is 1. The van der Waals surface area contributed by atoms with Crippen molar-refractivity contribution in [3.63, 3.8) is 0 Å². The standard InChI is InChI=1S/C20H20N4O6S/c1-2-30-20(27)23-10-9-14-15(11-23)31-19(17(14)18(21)26)22-16(25)8-5-12-3-6-13(7-4-12)24(28)29/h3-8H,2,9-11H2,1H3,(H2,21,26)(H,22,25)/b8-5+. The highest BCUT2D eigenvalue weighted by Gasteiger charge is 2.29. The summed E-state index contributed by atoms with van der Waals surface area (Å²) in [5, 5.41) is 13.7. The lowest BCUT2D eigenvalue weighted by Gasteiger charge is -2.26. The maximum atomic E-state index is 12.4. The quantitative estimate of drug-likeness (QED) is 0.398. The summed E-state index contributed by atoms with van der Waals surface area (Å²) in [5.74, 6) is -1.14. The van der Waals surface area contributed by atoms with Gasteiger partial charge in [-0.1, -0.05) is 0 Å². The summed E-state index contributed by atoms with van der Waals surface area (Å²) < 4.78 is 5.02. The Hall–Kier alpha value is -3.73. The van der Waals surface area contributed by atoms with E-state index in [9.17, 15) is 24.5 Å². The van der Waals surface area contributed by atoms with Crippen LogP contribution in [0.3, 0.4) is 0 Å². The Balaban J connectivity index is 1.75. The van der Waals surface area contributed by atoms with Crippen LogP contribution in [0.5, 0.6) is 0 Å². The topological polar surface area (TPSA) is 145 Å². The van der Waals surface area contributed by atoms with Gasteiger partial charge >= 0.3 is 6.09 Å². The predicted molar refractivity (Wildman–Crippen MR) is 115 cm³/mol. The number of thiophene rings is 1. The van der Waals surface area contributed by atoms with E-state index in [0.29, 0.717) is 23.5 Å². The summed E-state index contributed by atoms with van der Waals surface area (Å²) in [4.78, 5) is 48.9. The number of amides is 3. The van der Waals surface area contributed by atoms with Crippen molar-refractivity contribution in [2.24, 2.45) is 5.73 Å². The molecule has 3 amide bonds. The SMILES string of the molecule is CCOC(=O)N1CCc2c(sc(NC(=O)/C=C/c3ccc([N+](=O)[O-])cc3)c2C(N)=O)C1. The highest BCUT2D eigenvalue weighted by atomic mass is 32.1. The van der Waals surface area contributed by atoms with E-state index in [1.165, 1.54) is 52.7 Å². The summed E-state index contributed by atoms with van der Waals surface area (Å²) in [7, 11) is 0. The number of benzene rings is 1. The lowest BCUT2D eigenvalue weighted by atomic mass is 10.0. The van der Waals surface area contributed by atoms with Gasteiger partial charge in [0.05, 0.1) is 23.6 Å². The molecule has 31 heavy (non-hydrogen) atoms. The molecule has 1 aliphatic heterocycles. The number of fused-ring (bicyclic) bond motifs is 1. The number of carbonyl (C=O) groups excluding carboxylic acids is 3. The number of carbonyl (C=O) groups is 3. The minimum Gasteiger partial charge on any atom is -0.450 e. The first-order valence-corrected chi connectivity index (χ1v) is 10.2. The van der Waals surface area contributed by atoms with E-state index in [1.807, 2.05) is 0 Å². The molecule has 0 fully saturated rings. The molecule has 1 aromatic carbocycles. The minimum atomic E-state index is -0.656. The Kier molecular flexibility index (Phi) is 6.65. The third kappa shape index (κ3) is 5.07. The fourth-order valence-electron chi connectivity index (χ4n) is 3.16. The molecule has 0 aliphatic carbocycles. The second-order valence-corrected chi connectivity index (χ2v) is 7.72. The Morgan fingerprint density at radius 1 is 1.32 bits per heavy atom. The van der Waals surface area contributed by atoms with E-state index in [-0.39, 0.29) is 24.4 Å². The highest BCUT2D eigenvalue weighted by Crippen LogP contribution is 2.37. The predicted octanol–water partition coefficient (Wildman–Crippen LogP) is 2.92. The maximum absolute atomic E-state index is 12.4. The molecule has 2 heterocycles. The summed E-state index contributed by atoms with van der Waals surface area (Å²) in [5.41, 5.74) is 7.08. The Labute approximate surface area is 181 Å². The van der Waals surface area contributed by atoms with Crippen molar-refractivity contribution in [1.29, 1.82) is 0 Å². The molecule has 10 nitrogen and oxygen atoms in total. The van der Waals surface area contributed by atoms with Gasteiger partial charge in [-0.2, -0.15) is 0 Å². The van der Waals surface area contributed by atoms with E-state index in [2.05, 4.69) is 5.32 Å². The average Bonchev–Trinajstić information content (AvgIpc) is 3.09. The molecule has 0 spiro atoms. The summed E-state index contributed by atoms with van der Waals surface area (Å²) in [6.07, 6.45) is 2.75. The number of ether oxygens (including phenoxy) is 1. The fraction of sp³-hybridized carbons (Fsp3) is 0.250. The van der Waals surface area contributed by atoms with Crippen molar-refractivity contribution in [3.05, 3.63) is 62.0 Å². The normalized spacial score (nSPS) is 13.0. The van der Waals surface area contributed by atoms with Crippen LogP contribution in [0.1, 0.15) is 33.3 Å². The number of nitrogens with zero attached hydrogens (tertiary/aromatic N) is 2. The zero-order valence-corrected chi connectivity index (χ0v) is 17.4. The van der Waals surface area contributed by atoms with Crippen LogP contribution < -0.4 is 11.1 Å². The summed E-state index contributed by atoms with van der Waals surface area (Å²) >= 11 is 1.19. The lowest BCUT2D eigenvalue weighted by Crippen LogP contribution is -2.36. The van der Waals surface area contributed by atoms with Gasteiger partial charge < -0.3 is 20.7 Å². The number of hydrogen-bond donors (Lipinski definition) is 2. The van der Waals surface area contributed by atoms with Gasteiger partial charge in [0.25, 0.3) is 11.6 Å². The summed E-state index contributed by atoms with van der Waals surface area (Å²) in [6, 6.07) is 5.71. The van der Waals surface area contributed by atoms with E-state index in [0.717, 1.165) is 10.4 Å². The largest absolute Gasteiger partial charge is 0.450 e. The number of hydrogen-bond acceptors (Lipinski definition) is 7. The molecule has 0 unspecified atom stereocenters. The molecule has 0 atom stereocenters. The summed E-state index contributed by atoms with van der Waals surface area (Å²) in [6.45, 7) is 2.65. The number of non-ortho nitro benzene ring substituents is 1. The smallest absolute Gasteiger partial charge is 0.410 e. The molecular weight excluding hydrogens is 424 g/mol. The van der Waals surface area contributed by atoms with Crippen LogP contribution in [-0.4, -0.2) is 40.9 Å². The van der Waals surface area contributed by atoms with Gasteiger partial charge in [0.2, 0.25) is 5.91 Å². The third-order valence-electron chi connectivity index (χ3n) is 4.60. The molecule has 0 saturated heterocycles. The lowest BCUT2D eigenvalue weighted by molar-refractivity contribution is -0.384. The van der Waals surface area contributed by atoms with Crippen LogP contribution in [0, 0.1) is 10.1 Å². The number of nitro groups is 1. The number of anilines is 1. The molecular formula is C20H20N4O6S. The van der Waals surface area contributed by atoms with Crippen molar-refractivity contribution in [2.45, 2.75) is 19.9 Å². The molecule has 2 aromatic rings. The molecule has 162 valence electrons. The van der Waals surface area contributed by atoms with Crippen molar-refractivity contribution >= 4 is 46.0 Å². The van der Waals surface area contributed by atoms with E-state index < -0.39 is 22.8 Å². The first-order chi connectivity index (χ1) is 14.8. The van der Waals surface area contributed by atoms with Crippen LogP contribution in [0.2, 0.25) is 0 Å². The first-order valence-electron chi connectivity index (χ1n) is 9.39. The number of nitrogens with two attached hydrogens (primary N) is 1. The second kappa shape index (κ2) is 9.39. The molecule has 1 aromatic heterocycles. The van der Waals surface area contributed by atoms with E-state index in [1.54, 1.807) is 6.92 Å². The Morgan fingerprint density at radius 2 is 2.03 bits per heavy atom. The van der Waals surface area contributed by atoms with Crippen molar-refractivity contribution < 1.29 is 24.0 Å². The van der Waals surface area contributed by atoms with Crippen LogP contribution in [-0.2, 0) is 22.5 Å². The maximum Gasteiger partial charge on any atom is 0.410 e. The Bertz CT molecular complexity index is 1060. The zero-order chi connectivity index (χ0) is 22.5. The molecule has 0 saturated carbocycles. The van der Waals surface area contributed by atoms with Gasteiger partial charge in [-0.15, -0.1) is 11.3 Å². The molecule has 1 aliphatic rings. The van der Waals surface area contributed by atoms with Gasteiger partial charge in [-0.3, -0.25) is 19.7 Å². The average molecular weight is 444 g/mol. The van der Waals surface area contributed by atoms with Gasteiger partial charge in [0.1, 0.15) is 5.00 Å². The van der Waals surface area contributed by atoms with Gasteiger partial charge in [-0.25, -0.2) is 4.79 Å². The van der Waals surface area contributed by atoms with Gasteiger partial charge in [-0.05, 0) is 42.7 Å². The van der Waals surface area contributed by atoms with E-state index >= 15 is 0 Å². The van der Waals surface area contributed by atoms with E-state index in [4.69, 9.17) is 10.5 Å². The van der Waals surface area contributed by atoms with Crippen molar-refractivity contribution in [3.8, 4) is 0 Å². The monoisotopic (exact) mass is 444 g/mol. The minimum absolute atomic E-state index is 0.0475. The van der Waals surface area contributed by atoms with Gasteiger partial charge in [0.15, 0.2) is 0 Å². The molecule has 3 rings (SSSR count). The van der Waals surface area contributed by atoms with Crippen LogP contribution in [0.25, 0.3) is 6.08 Å². The number of rotatable bonds is 6. The Morgan fingerprint density at radius 3 is 2.65 bits per heavy atom. The fourth-order valence-corrected chi connectivity index (χ4v) is 4.43. The van der Waals surface area contributed by atoms with Crippen LogP contribution in [0.4, 0.5) is 15.5 Å². The third-order valence-corrected chi connectivity index (χ3v) is 5.73.